The molecular formula is C24H17Cl3FNO2. The van der Waals surface area contributed by atoms with Crippen LogP contribution in [0.25, 0.3) is 0 Å². The molecule has 31 heavy (non-hydrogen) atoms. The van der Waals surface area contributed by atoms with Gasteiger partial charge in [0.05, 0.1) is 10.9 Å². The van der Waals surface area contributed by atoms with Crippen LogP contribution in [0.1, 0.15) is 27.4 Å². The van der Waals surface area contributed by atoms with Gasteiger partial charge in [-0.2, -0.15) is 0 Å². The number of hydrogen-bond acceptors (Lipinski definition) is 2. The predicted molar refractivity (Wildman–Crippen MR) is 122 cm³/mol. The lowest BCUT2D eigenvalue weighted by molar-refractivity contribution is -0.117. The maximum atomic E-state index is 13.1. The highest BCUT2D eigenvalue weighted by Crippen LogP contribution is 2.65. The molecule has 3 aromatic carbocycles. The van der Waals surface area contributed by atoms with Crippen molar-refractivity contribution >= 4 is 52.2 Å². The maximum Gasteiger partial charge on any atom is 0.231 e. The Morgan fingerprint density at radius 1 is 0.968 bits per heavy atom. The normalized spacial score (nSPS) is 19.0. The van der Waals surface area contributed by atoms with Gasteiger partial charge in [0, 0.05) is 23.6 Å². The van der Waals surface area contributed by atoms with Crippen LogP contribution >= 0.6 is 34.8 Å². The van der Waals surface area contributed by atoms with Crippen LogP contribution in [-0.4, -0.2) is 16.0 Å². The number of hydrogen-bond donors (Lipinski definition) is 1. The second kappa shape index (κ2) is 8.62. The summed E-state index contributed by atoms with van der Waals surface area (Å²) in [6, 6.07) is 19.7. The fourth-order valence-electron chi connectivity index (χ4n) is 3.65. The van der Waals surface area contributed by atoms with E-state index in [-0.39, 0.29) is 40.4 Å². The van der Waals surface area contributed by atoms with Gasteiger partial charge in [0.15, 0.2) is 5.78 Å². The van der Waals surface area contributed by atoms with Crippen molar-refractivity contribution in [3.63, 3.8) is 0 Å². The van der Waals surface area contributed by atoms with E-state index in [0.717, 1.165) is 5.56 Å². The molecule has 0 aromatic heterocycles. The Balaban J connectivity index is 1.49. The van der Waals surface area contributed by atoms with Gasteiger partial charge in [0.2, 0.25) is 5.91 Å². The third-order valence-corrected chi connectivity index (χ3v) is 6.58. The fraction of sp³-hybridized carbons (Fsp3) is 0.167. The van der Waals surface area contributed by atoms with Gasteiger partial charge in [0.1, 0.15) is 10.2 Å². The van der Waals surface area contributed by atoms with Crippen molar-refractivity contribution in [2.75, 3.05) is 5.32 Å². The Kier molecular flexibility index (Phi) is 6.07. The van der Waals surface area contributed by atoms with Gasteiger partial charge in [-0.05, 0) is 41.5 Å². The van der Waals surface area contributed by atoms with Crippen LogP contribution in [0.3, 0.4) is 0 Å². The standard InChI is InChI=1S/C24H17Cl3FNO2/c25-19-11-10-17(13-18(19)20(30)12-14-6-8-16(28)9-7-14)29-23(31)22-21(24(22,26)27)15-4-2-1-3-5-15/h1-11,13,21-22H,12H2,(H,29,31). The van der Waals surface area contributed by atoms with Gasteiger partial charge in [-0.15, -0.1) is 23.2 Å². The molecule has 0 saturated heterocycles. The van der Waals surface area contributed by atoms with E-state index < -0.39 is 10.3 Å². The highest BCUT2D eigenvalue weighted by molar-refractivity contribution is 6.53. The summed E-state index contributed by atoms with van der Waals surface area (Å²) in [6.07, 6.45) is 0.0581. The van der Waals surface area contributed by atoms with Crippen molar-refractivity contribution in [2.45, 2.75) is 16.7 Å². The second-order valence-corrected chi connectivity index (χ2v) is 9.30. The van der Waals surface area contributed by atoms with Crippen molar-refractivity contribution < 1.29 is 14.0 Å². The van der Waals surface area contributed by atoms with Gasteiger partial charge in [-0.25, -0.2) is 4.39 Å². The number of amides is 1. The lowest BCUT2D eigenvalue weighted by Crippen LogP contribution is -2.17. The van der Waals surface area contributed by atoms with Gasteiger partial charge in [-0.3, -0.25) is 9.59 Å². The minimum atomic E-state index is -1.20. The minimum Gasteiger partial charge on any atom is -0.326 e. The van der Waals surface area contributed by atoms with Crippen LogP contribution in [-0.2, 0) is 11.2 Å². The minimum absolute atomic E-state index is 0.0581. The van der Waals surface area contributed by atoms with E-state index in [1.807, 2.05) is 30.3 Å². The summed E-state index contributed by atoms with van der Waals surface area (Å²) in [5.74, 6) is -1.89. The number of anilines is 1. The average Bonchev–Trinajstić information content (AvgIpc) is 3.33. The summed E-state index contributed by atoms with van der Waals surface area (Å²) in [5.41, 5.74) is 2.23. The smallest absolute Gasteiger partial charge is 0.231 e. The molecule has 1 N–H and O–H groups in total. The number of halogens is 4. The quantitative estimate of drug-likeness (QED) is 0.329. The van der Waals surface area contributed by atoms with Crippen molar-refractivity contribution in [3.8, 4) is 0 Å². The molecule has 1 amide bonds. The molecule has 0 heterocycles. The molecule has 0 radical (unpaired) electrons. The molecule has 4 rings (SSSR count). The molecule has 7 heteroatoms. The molecule has 3 aromatic rings. The van der Waals surface area contributed by atoms with Crippen LogP contribution in [0.2, 0.25) is 5.02 Å². The van der Waals surface area contributed by atoms with Crippen molar-refractivity contribution in [1.29, 1.82) is 0 Å². The van der Waals surface area contributed by atoms with Crippen LogP contribution in [0, 0.1) is 11.7 Å². The Morgan fingerprint density at radius 2 is 1.65 bits per heavy atom. The lowest BCUT2D eigenvalue weighted by atomic mass is 10.0. The average molecular weight is 477 g/mol. The lowest BCUT2D eigenvalue weighted by Gasteiger charge is -2.09. The topological polar surface area (TPSA) is 46.2 Å². The van der Waals surface area contributed by atoms with Crippen molar-refractivity contribution in [1.82, 2.24) is 0 Å². The van der Waals surface area contributed by atoms with Gasteiger partial charge in [0.25, 0.3) is 0 Å². The fourth-order valence-corrected chi connectivity index (χ4v) is 4.70. The summed E-state index contributed by atoms with van der Waals surface area (Å²) < 4.78 is 11.9. The Bertz CT molecular complexity index is 1130. The molecule has 1 aliphatic carbocycles. The summed E-state index contributed by atoms with van der Waals surface area (Å²) in [6.45, 7) is 0. The zero-order valence-corrected chi connectivity index (χ0v) is 18.4. The number of nitrogens with one attached hydrogen (secondary N) is 1. The first kappa shape index (κ1) is 21.8. The number of benzene rings is 3. The van der Waals surface area contributed by atoms with E-state index in [9.17, 15) is 14.0 Å². The molecule has 1 saturated carbocycles. The predicted octanol–water partition coefficient (Wildman–Crippen LogP) is 6.43. The molecule has 1 fully saturated rings. The van der Waals surface area contributed by atoms with Gasteiger partial charge >= 0.3 is 0 Å². The van der Waals surface area contributed by atoms with Crippen LogP contribution in [0.5, 0.6) is 0 Å². The van der Waals surface area contributed by atoms with E-state index >= 15 is 0 Å². The summed E-state index contributed by atoms with van der Waals surface area (Å²) in [5, 5.41) is 3.05. The highest BCUT2D eigenvalue weighted by Gasteiger charge is 2.67. The summed E-state index contributed by atoms with van der Waals surface area (Å²) >= 11 is 19.0. The van der Waals surface area contributed by atoms with E-state index in [1.165, 1.54) is 18.2 Å². The Hall–Kier alpha value is -2.40. The van der Waals surface area contributed by atoms with Crippen LogP contribution in [0.4, 0.5) is 10.1 Å². The van der Waals surface area contributed by atoms with E-state index in [0.29, 0.717) is 11.3 Å². The highest BCUT2D eigenvalue weighted by atomic mass is 35.5. The summed E-state index contributed by atoms with van der Waals surface area (Å²) in [4.78, 5) is 25.5. The third kappa shape index (κ3) is 4.62. The van der Waals surface area contributed by atoms with Crippen molar-refractivity contribution in [3.05, 3.63) is 100 Å². The maximum absolute atomic E-state index is 13.1. The Labute approximate surface area is 194 Å². The van der Waals surface area contributed by atoms with Gasteiger partial charge in [-0.1, -0.05) is 54.1 Å². The third-order valence-electron chi connectivity index (χ3n) is 5.31. The molecule has 0 spiro atoms. The number of rotatable bonds is 6. The molecule has 1 aliphatic rings. The first-order chi connectivity index (χ1) is 14.8. The summed E-state index contributed by atoms with van der Waals surface area (Å²) in [7, 11) is 0. The van der Waals surface area contributed by atoms with Crippen LogP contribution in [0.15, 0.2) is 72.8 Å². The molecule has 2 unspecified atom stereocenters. The van der Waals surface area contributed by atoms with Crippen LogP contribution < -0.4 is 5.32 Å². The largest absolute Gasteiger partial charge is 0.326 e. The molecular weight excluding hydrogens is 460 g/mol. The molecule has 0 bridgehead atoms. The number of ketones is 1. The first-order valence-electron chi connectivity index (χ1n) is 9.58. The zero-order chi connectivity index (χ0) is 22.2. The number of Topliss-reactive ketones (excluding diaryl/α,β-unsaturated/α-hetero) is 1. The molecule has 0 aliphatic heterocycles. The number of carbonyl (C=O) groups excluding carboxylic acids is 2. The molecule has 2 atom stereocenters. The number of carbonyl (C=O) groups is 2. The monoisotopic (exact) mass is 475 g/mol. The molecule has 158 valence electrons. The Morgan fingerprint density at radius 3 is 2.32 bits per heavy atom. The SMILES string of the molecule is O=C(Cc1ccc(F)cc1)c1cc(NC(=O)C2C(c3ccccc3)C2(Cl)Cl)ccc1Cl. The molecule has 3 nitrogen and oxygen atoms in total. The zero-order valence-electron chi connectivity index (χ0n) is 16.1. The first-order valence-corrected chi connectivity index (χ1v) is 10.7. The van der Waals surface area contributed by atoms with E-state index in [1.54, 1.807) is 24.3 Å². The number of alkyl halides is 2. The second-order valence-electron chi connectivity index (χ2n) is 7.45. The van der Waals surface area contributed by atoms with E-state index in [4.69, 9.17) is 34.8 Å². The van der Waals surface area contributed by atoms with E-state index in [2.05, 4.69) is 5.32 Å². The van der Waals surface area contributed by atoms with Crippen molar-refractivity contribution in [2.24, 2.45) is 5.92 Å². The van der Waals surface area contributed by atoms with Gasteiger partial charge < -0.3 is 5.32 Å².